The number of carbonyl (C=O) groups excluding carboxylic acids is 1. The van der Waals surface area contributed by atoms with Gasteiger partial charge in [-0.05, 0) is 48.7 Å². The Morgan fingerprint density at radius 1 is 1.00 bits per heavy atom. The lowest BCUT2D eigenvalue weighted by Crippen LogP contribution is -2.44. The van der Waals surface area contributed by atoms with Crippen LogP contribution in [-0.4, -0.2) is 25.7 Å². The van der Waals surface area contributed by atoms with Crippen LogP contribution < -0.4 is 5.32 Å². The van der Waals surface area contributed by atoms with Crippen LogP contribution in [0.1, 0.15) is 28.1 Å². The Hall–Kier alpha value is -2.57. The molecule has 0 bridgehead atoms. The Balaban J connectivity index is 1.50. The van der Waals surface area contributed by atoms with E-state index in [0.29, 0.717) is 35.1 Å². The van der Waals surface area contributed by atoms with Crippen molar-refractivity contribution in [3.05, 3.63) is 82.7 Å². The molecule has 0 unspecified atom stereocenters. The van der Waals surface area contributed by atoms with Crippen molar-refractivity contribution in [3.63, 3.8) is 0 Å². The topological polar surface area (TPSA) is 38.3 Å². The summed E-state index contributed by atoms with van der Waals surface area (Å²) in [6, 6.07) is 16.5. The Morgan fingerprint density at radius 2 is 1.72 bits per heavy atom. The third-order valence-electron chi connectivity index (χ3n) is 5.46. The number of thiophene rings is 1. The Morgan fingerprint density at radius 3 is 2.45 bits per heavy atom. The zero-order chi connectivity index (χ0) is 20.3. The first-order valence-corrected chi connectivity index (χ1v) is 10.4. The van der Waals surface area contributed by atoms with E-state index in [0.717, 1.165) is 18.4 Å². The number of ether oxygens (including phenoxy) is 1. The van der Waals surface area contributed by atoms with E-state index in [2.05, 4.69) is 5.32 Å². The Labute approximate surface area is 172 Å². The van der Waals surface area contributed by atoms with Gasteiger partial charge in [0.1, 0.15) is 11.6 Å². The predicted octanol–water partition coefficient (Wildman–Crippen LogP) is 5.17. The summed E-state index contributed by atoms with van der Waals surface area (Å²) in [5, 5.41) is 3.03. The van der Waals surface area contributed by atoms with Crippen molar-refractivity contribution in [2.75, 3.05) is 19.8 Å². The molecule has 2 heterocycles. The van der Waals surface area contributed by atoms with Crippen molar-refractivity contribution < 1.29 is 18.3 Å². The molecule has 0 aliphatic carbocycles. The monoisotopic (exact) mass is 413 g/mol. The van der Waals surface area contributed by atoms with Crippen LogP contribution in [0.5, 0.6) is 0 Å². The SMILES string of the molecule is O=C(NCC1(c2ccc(F)cc2)CCOCC1)c1ccc(-c2ccccc2F)s1. The first kappa shape index (κ1) is 19.7. The number of carbonyl (C=O) groups is 1. The van der Waals surface area contributed by atoms with Crippen LogP contribution in [0.3, 0.4) is 0 Å². The quantitative estimate of drug-likeness (QED) is 0.627. The summed E-state index contributed by atoms with van der Waals surface area (Å²) in [6.07, 6.45) is 1.51. The van der Waals surface area contributed by atoms with Crippen LogP contribution in [0.2, 0.25) is 0 Å². The Kier molecular flexibility index (Phi) is 5.74. The van der Waals surface area contributed by atoms with E-state index in [4.69, 9.17) is 4.74 Å². The molecule has 3 aromatic rings. The molecule has 29 heavy (non-hydrogen) atoms. The van der Waals surface area contributed by atoms with Gasteiger partial charge in [0, 0.05) is 35.6 Å². The van der Waals surface area contributed by atoms with E-state index in [-0.39, 0.29) is 23.0 Å². The molecule has 1 N–H and O–H groups in total. The standard InChI is InChI=1S/C23H21F2NO2S/c24-17-7-5-16(6-8-17)23(11-13-28-14-12-23)15-26-22(27)21-10-9-20(29-21)18-3-1-2-4-19(18)25/h1-10H,11-15H2,(H,26,27). The molecule has 1 aromatic heterocycles. The summed E-state index contributed by atoms with van der Waals surface area (Å²) >= 11 is 1.27. The zero-order valence-electron chi connectivity index (χ0n) is 15.8. The number of hydrogen-bond acceptors (Lipinski definition) is 3. The second kappa shape index (κ2) is 8.43. The molecule has 2 aromatic carbocycles. The average Bonchev–Trinajstić information content (AvgIpc) is 3.24. The molecule has 6 heteroatoms. The second-order valence-corrected chi connectivity index (χ2v) is 8.31. The van der Waals surface area contributed by atoms with Gasteiger partial charge >= 0.3 is 0 Å². The fraction of sp³-hybridized carbons (Fsp3) is 0.261. The van der Waals surface area contributed by atoms with E-state index in [1.54, 1.807) is 42.5 Å². The molecule has 0 radical (unpaired) electrons. The lowest BCUT2D eigenvalue weighted by Gasteiger charge is -2.38. The smallest absolute Gasteiger partial charge is 0.261 e. The fourth-order valence-electron chi connectivity index (χ4n) is 3.74. The van der Waals surface area contributed by atoms with E-state index >= 15 is 0 Å². The van der Waals surface area contributed by atoms with E-state index in [1.165, 1.54) is 29.5 Å². The van der Waals surface area contributed by atoms with Gasteiger partial charge in [-0.3, -0.25) is 4.79 Å². The highest BCUT2D eigenvalue weighted by molar-refractivity contribution is 7.17. The molecule has 1 aliphatic rings. The largest absolute Gasteiger partial charge is 0.381 e. The molecule has 0 spiro atoms. The molecular formula is C23H21F2NO2S. The van der Waals surface area contributed by atoms with Crippen molar-refractivity contribution in [3.8, 4) is 10.4 Å². The fourth-order valence-corrected chi connectivity index (χ4v) is 4.68. The van der Waals surface area contributed by atoms with Crippen molar-refractivity contribution in [2.24, 2.45) is 0 Å². The number of benzene rings is 2. The van der Waals surface area contributed by atoms with E-state index < -0.39 is 0 Å². The molecule has 4 rings (SSSR count). The first-order valence-electron chi connectivity index (χ1n) is 9.54. The van der Waals surface area contributed by atoms with Crippen molar-refractivity contribution in [2.45, 2.75) is 18.3 Å². The van der Waals surface area contributed by atoms with Crippen LogP contribution in [0.4, 0.5) is 8.78 Å². The van der Waals surface area contributed by atoms with Gasteiger partial charge in [-0.2, -0.15) is 0 Å². The summed E-state index contributed by atoms with van der Waals surface area (Å²) in [7, 11) is 0. The summed E-state index contributed by atoms with van der Waals surface area (Å²) in [4.78, 5) is 14.0. The lowest BCUT2D eigenvalue weighted by molar-refractivity contribution is 0.0487. The Bertz CT molecular complexity index is 994. The van der Waals surface area contributed by atoms with Gasteiger partial charge in [0.05, 0.1) is 4.88 Å². The molecule has 3 nitrogen and oxygen atoms in total. The van der Waals surface area contributed by atoms with Crippen LogP contribution in [0.15, 0.2) is 60.7 Å². The van der Waals surface area contributed by atoms with Crippen LogP contribution >= 0.6 is 11.3 Å². The number of hydrogen-bond donors (Lipinski definition) is 1. The van der Waals surface area contributed by atoms with E-state index in [9.17, 15) is 13.6 Å². The molecule has 1 aliphatic heterocycles. The molecule has 1 amide bonds. The highest BCUT2D eigenvalue weighted by Crippen LogP contribution is 2.35. The van der Waals surface area contributed by atoms with Crippen molar-refractivity contribution in [1.29, 1.82) is 0 Å². The zero-order valence-corrected chi connectivity index (χ0v) is 16.6. The van der Waals surface area contributed by atoms with Crippen molar-refractivity contribution in [1.82, 2.24) is 5.32 Å². The predicted molar refractivity (Wildman–Crippen MR) is 110 cm³/mol. The number of nitrogens with one attached hydrogen (secondary N) is 1. The van der Waals surface area contributed by atoms with Crippen LogP contribution in [-0.2, 0) is 10.2 Å². The summed E-state index contributed by atoms with van der Waals surface area (Å²) in [5.41, 5.74) is 1.21. The first-order chi connectivity index (χ1) is 14.1. The molecule has 0 saturated carbocycles. The minimum Gasteiger partial charge on any atom is -0.381 e. The maximum Gasteiger partial charge on any atom is 0.261 e. The normalized spacial score (nSPS) is 15.8. The molecule has 1 saturated heterocycles. The molecule has 150 valence electrons. The highest BCUT2D eigenvalue weighted by atomic mass is 32.1. The van der Waals surface area contributed by atoms with Gasteiger partial charge < -0.3 is 10.1 Å². The van der Waals surface area contributed by atoms with Gasteiger partial charge in [0.15, 0.2) is 0 Å². The maximum atomic E-state index is 14.0. The van der Waals surface area contributed by atoms with Crippen LogP contribution in [0, 0.1) is 11.6 Å². The number of halogens is 2. The molecule has 1 fully saturated rings. The van der Waals surface area contributed by atoms with Gasteiger partial charge in [0.25, 0.3) is 5.91 Å². The van der Waals surface area contributed by atoms with Crippen LogP contribution in [0.25, 0.3) is 10.4 Å². The summed E-state index contributed by atoms with van der Waals surface area (Å²) in [5.74, 6) is -0.774. The average molecular weight is 413 g/mol. The molecule has 0 atom stereocenters. The highest BCUT2D eigenvalue weighted by Gasteiger charge is 2.35. The van der Waals surface area contributed by atoms with Crippen molar-refractivity contribution >= 4 is 17.2 Å². The van der Waals surface area contributed by atoms with Gasteiger partial charge in [0.2, 0.25) is 0 Å². The number of amides is 1. The minimum atomic E-state index is -0.307. The van der Waals surface area contributed by atoms with Gasteiger partial charge in [-0.25, -0.2) is 8.78 Å². The third-order valence-corrected chi connectivity index (χ3v) is 6.58. The van der Waals surface area contributed by atoms with Gasteiger partial charge in [-0.15, -0.1) is 11.3 Å². The third kappa shape index (κ3) is 4.23. The maximum absolute atomic E-state index is 14.0. The lowest BCUT2D eigenvalue weighted by atomic mass is 9.74. The molecular weight excluding hydrogens is 392 g/mol. The number of rotatable bonds is 5. The van der Waals surface area contributed by atoms with E-state index in [1.807, 2.05) is 0 Å². The summed E-state index contributed by atoms with van der Waals surface area (Å²) < 4.78 is 32.9. The second-order valence-electron chi connectivity index (χ2n) is 7.23. The summed E-state index contributed by atoms with van der Waals surface area (Å²) in [6.45, 7) is 1.64. The minimum absolute atomic E-state index is 0.189. The van der Waals surface area contributed by atoms with Gasteiger partial charge in [-0.1, -0.05) is 30.3 Å².